The lowest BCUT2D eigenvalue weighted by Crippen LogP contribution is -2.37. The van der Waals surface area contributed by atoms with Crippen molar-refractivity contribution in [3.63, 3.8) is 0 Å². The minimum Gasteiger partial charge on any atom is -0.385 e. The SMILES string of the molecule is C=C(C)/C(=C\NC1CCOC1)c1ccc(N2CCC(C3c4c(F)cccc4C4=C(C)C43C)CC2)cc1. The molecule has 2 aromatic carbocycles. The fourth-order valence-electron chi connectivity index (χ4n) is 7.15. The summed E-state index contributed by atoms with van der Waals surface area (Å²) in [4.78, 5) is 2.49. The van der Waals surface area contributed by atoms with Crippen LogP contribution in [0.5, 0.6) is 0 Å². The predicted octanol–water partition coefficient (Wildman–Crippen LogP) is 6.93. The number of hydrogen-bond donors (Lipinski definition) is 1. The summed E-state index contributed by atoms with van der Waals surface area (Å²) in [5.74, 6) is 0.787. The summed E-state index contributed by atoms with van der Waals surface area (Å²) < 4.78 is 20.5. The molecule has 188 valence electrons. The lowest BCUT2D eigenvalue weighted by molar-refractivity contribution is 0.192. The fraction of sp³-hybridized carbons (Fsp3) is 0.438. The van der Waals surface area contributed by atoms with E-state index >= 15 is 0 Å². The molecule has 0 bridgehead atoms. The number of nitrogens with zero attached hydrogens (tertiary/aromatic N) is 1. The Kier molecular flexibility index (Phi) is 5.83. The van der Waals surface area contributed by atoms with Gasteiger partial charge in [-0.1, -0.05) is 43.3 Å². The molecule has 2 fully saturated rings. The Balaban J connectivity index is 1.14. The van der Waals surface area contributed by atoms with Crippen molar-refractivity contribution < 1.29 is 9.13 Å². The molecular weight excluding hydrogens is 447 g/mol. The van der Waals surface area contributed by atoms with Gasteiger partial charge in [-0.05, 0) is 90.6 Å². The largest absolute Gasteiger partial charge is 0.385 e. The Hall–Kier alpha value is -2.85. The van der Waals surface area contributed by atoms with E-state index in [1.54, 1.807) is 6.07 Å². The van der Waals surface area contributed by atoms with E-state index in [1.807, 2.05) is 6.07 Å². The van der Waals surface area contributed by atoms with E-state index in [0.717, 1.165) is 62.3 Å². The van der Waals surface area contributed by atoms with Crippen LogP contribution < -0.4 is 10.2 Å². The molecule has 2 heterocycles. The topological polar surface area (TPSA) is 24.5 Å². The Morgan fingerprint density at radius 3 is 2.56 bits per heavy atom. The Morgan fingerprint density at radius 2 is 1.89 bits per heavy atom. The van der Waals surface area contributed by atoms with Crippen LogP contribution in [0.25, 0.3) is 11.1 Å². The maximum atomic E-state index is 15.0. The number of allylic oxidation sites excluding steroid dienone is 4. The predicted molar refractivity (Wildman–Crippen MR) is 146 cm³/mol. The quantitative estimate of drug-likeness (QED) is 0.450. The van der Waals surface area contributed by atoms with Crippen molar-refractivity contribution in [2.75, 3.05) is 31.2 Å². The number of nitrogens with one attached hydrogen (secondary N) is 1. The van der Waals surface area contributed by atoms with Crippen LogP contribution in [0.2, 0.25) is 0 Å². The number of ether oxygens (including phenoxy) is 1. The normalized spacial score (nSPS) is 27.8. The first-order valence-electron chi connectivity index (χ1n) is 13.5. The maximum absolute atomic E-state index is 15.0. The molecule has 0 amide bonds. The Bertz CT molecular complexity index is 1250. The van der Waals surface area contributed by atoms with Gasteiger partial charge in [0.15, 0.2) is 0 Å². The van der Waals surface area contributed by atoms with Crippen LogP contribution in [-0.2, 0) is 4.74 Å². The van der Waals surface area contributed by atoms with Crippen molar-refractivity contribution in [3.8, 4) is 0 Å². The summed E-state index contributed by atoms with van der Waals surface area (Å²) >= 11 is 0. The summed E-state index contributed by atoms with van der Waals surface area (Å²) in [6, 6.07) is 14.9. The van der Waals surface area contributed by atoms with E-state index in [9.17, 15) is 4.39 Å². The van der Waals surface area contributed by atoms with Crippen LogP contribution in [0.4, 0.5) is 10.1 Å². The second-order valence-electron chi connectivity index (χ2n) is 11.3. The molecule has 2 aliphatic heterocycles. The van der Waals surface area contributed by atoms with Crippen LogP contribution in [0.15, 0.2) is 66.4 Å². The highest BCUT2D eigenvalue weighted by atomic mass is 19.1. The van der Waals surface area contributed by atoms with Crippen molar-refractivity contribution in [3.05, 3.63) is 88.9 Å². The van der Waals surface area contributed by atoms with Crippen molar-refractivity contribution >= 4 is 16.8 Å². The molecule has 6 rings (SSSR count). The average Bonchev–Trinajstić information content (AvgIpc) is 3.23. The van der Waals surface area contributed by atoms with Gasteiger partial charge in [-0.3, -0.25) is 0 Å². The van der Waals surface area contributed by atoms with Crippen LogP contribution in [0.1, 0.15) is 62.6 Å². The van der Waals surface area contributed by atoms with Gasteiger partial charge in [-0.25, -0.2) is 4.39 Å². The molecule has 0 spiro atoms. The number of benzene rings is 2. The Morgan fingerprint density at radius 1 is 1.14 bits per heavy atom. The van der Waals surface area contributed by atoms with Crippen molar-refractivity contribution in [1.29, 1.82) is 0 Å². The van der Waals surface area contributed by atoms with E-state index in [-0.39, 0.29) is 17.2 Å². The van der Waals surface area contributed by atoms with Gasteiger partial charge in [0, 0.05) is 42.9 Å². The first kappa shape index (κ1) is 23.5. The molecule has 2 saturated heterocycles. The highest BCUT2D eigenvalue weighted by Gasteiger charge is 2.61. The average molecular weight is 485 g/mol. The zero-order valence-corrected chi connectivity index (χ0v) is 21.7. The highest BCUT2D eigenvalue weighted by Crippen LogP contribution is 2.73. The first-order valence-corrected chi connectivity index (χ1v) is 13.5. The molecule has 4 aliphatic rings. The van der Waals surface area contributed by atoms with Crippen LogP contribution in [0.3, 0.4) is 0 Å². The maximum Gasteiger partial charge on any atom is 0.127 e. The molecule has 0 saturated carbocycles. The number of anilines is 1. The second kappa shape index (κ2) is 8.92. The highest BCUT2D eigenvalue weighted by molar-refractivity contribution is 5.96. The molecule has 3 atom stereocenters. The zero-order valence-electron chi connectivity index (χ0n) is 21.7. The van der Waals surface area contributed by atoms with E-state index in [2.05, 4.69) is 74.1 Å². The summed E-state index contributed by atoms with van der Waals surface area (Å²) in [5, 5.41) is 3.51. The van der Waals surface area contributed by atoms with Gasteiger partial charge in [0.2, 0.25) is 0 Å². The van der Waals surface area contributed by atoms with Crippen LogP contribution >= 0.6 is 0 Å². The van der Waals surface area contributed by atoms with Gasteiger partial charge >= 0.3 is 0 Å². The van der Waals surface area contributed by atoms with E-state index in [1.165, 1.54) is 28.0 Å². The third kappa shape index (κ3) is 3.73. The molecule has 4 heteroatoms. The molecule has 2 aliphatic carbocycles. The molecule has 0 aromatic heterocycles. The van der Waals surface area contributed by atoms with Gasteiger partial charge in [0.1, 0.15) is 5.82 Å². The van der Waals surface area contributed by atoms with Crippen LogP contribution in [-0.4, -0.2) is 32.3 Å². The standard InChI is InChI=1S/C32H37FN2O/c1-20(2)27(18-34-24-14-17-36-19-24)22-8-10-25(11-9-22)35-15-12-23(13-16-35)31-29-26(6-5-7-28(29)33)30-21(3)32(30,31)4/h5-11,18,23-24,31,34H,1,12-17,19H2,2-4H3/b27-18+. The van der Waals surface area contributed by atoms with Crippen LogP contribution in [0, 0.1) is 17.2 Å². The fourth-order valence-corrected chi connectivity index (χ4v) is 7.15. The van der Waals surface area contributed by atoms with Crippen molar-refractivity contribution in [2.45, 2.75) is 52.0 Å². The zero-order chi connectivity index (χ0) is 25.0. The number of piperidine rings is 1. The monoisotopic (exact) mass is 484 g/mol. The molecule has 3 unspecified atom stereocenters. The number of rotatable bonds is 6. The summed E-state index contributed by atoms with van der Waals surface area (Å²) in [7, 11) is 0. The molecule has 36 heavy (non-hydrogen) atoms. The van der Waals surface area contributed by atoms with E-state index < -0.39 is 0 Å². The molecule has 3 nitrogen and oxygen atoms in total. The van der Waals surface area contributed by atoms with Gasteiger partial charge < -0.3 is 15.0 Å². The summed E-state index contributed by atoms with van der Waals surface area (Å²) in [5.41, 5.74) is 9.76. The minimum absolute atomic E-state index is 0.0134. The van der Waals surface area contributed by atoms with E-state index in [4.69, 9.17) is 4.74 Å². The third-order valence-electron chi connectivity index (χ3n) is 9.27. The van der Waals surface area contributed by atoms with Gasteiger partial charge in [-0.15, -0.1) is 0 Å². The third-order valence-corrected chi connectivity index (χ3v) is 9.27. The van der Waals surface area contributed by atoms with E-state index in [0.29, 0.717) is 12.0 Å². The lowest BCUT2D eigenvalue weighted by atomic mass is 9.71. The van der Waals surface area contributed by atoms with Gasteiger partial charge in [-0.2, -0.15) is 0 Å². The molecule has 1 N–H and O–H groups in total. The summed E-state index contributed by atoms with van der Waals surface area (Å²) in [6.07, 6.45) is 5.34. The number of hydrogen-bond acceptors (Lipinski definition) is 3. The van der Waals surface area contributed by atoms with Crippen molar-refractivity contribution in [2.24, 2.45) is 11.3 Å². The first-order chi connectivity index (χ1) is 17.4. The lowest BCUT2D eigenvalue weighted by Gasteiger charge is -2.39. The molecule has 0 radical (unpaired) electrons. The van der Waals surface area contributed by atoms with Gasteiger partial charge in [0.25, 0.3) is 0 Å². The molecular formula is C32H37FN2O. The minimum atomic E-state index is -0.0134. The van der Waals surface area contributed by atoms with Gasteiger partial charge in [0.05, 0.1) is 12.6 Å². The smallest absolute Gasteiger partial charge is 0.127 e. The number of fused-ring (bicyclic) bond motifs is 3. The number of halogens is 1. The molecule has 2 aromatic rings. The summed E-state index contributed by atoms with van der Waals surface area (Å²) in [6.45, 7) is 14.5. The van der Waals surface area contributed by atoms with Crippen molar-refractivity contribution in [1.82, 2.24) is 5.32 Å². The second-order valence-corrected chi connectivity index (χ2v) is 11.3. The Labute approximate surface area is 214 Å².